The number of aliphatic carboxylic acids is 1. The Morgan fingerprint density at radius 1 is 1.50 bits per heavy atom. The summed E-state index contributed by atoms with van der Waals surface area (Å²) in [6, 6.07) is 2.35. The number of amides is 1. The number of hydrogen-bond donors (Lipinski definition) is 2. The lowest BCUT2D eigenvalue weighted by Gasteiger charge is -2.21. The first kappa shape index (κ1) is 18.6. The maximum Gasteiger partial charge on any atom is 0.408 e. The van der Waals surface area contributed by atoms with Crippen molar-refractivity contribution in [2.45, 2.75) is 38.2 Å². The van der Waals surface area contributed by atoms with Gasteiger partial charge < -0.3 is 15.2 Å². The molecule has 1 aromatic heterocycles. The number of aromatic nitrogens is 1. The van der Waals surface area contributed by atoms with Gasteiger partial charge in [0, 0.05) is 22.7 Å². The van der Waals surface area contributed by atoms with Crippen LogP contribution in [0.2, 0.25) is 5.02 Å². The van der Waals surface area contributed by atoms with Crippen LogP contribution in [-0.4, -0.2) is 39.5 Å². The maximum absolute atomic E-state index is 11.6. The molecule has 6 nitrogen and oxygen atoms in total. The summed E-state index contributed by atoms with van der Waals surface area (Å²) in [6.45, 7) is 5.13. The number of carboxylic acid groups (broad SMARTS) is 1. The summed E-state index contributed by atoms with van der Waals surface area (Å²) in [7, 11) is 0. The highest BCUT2D eigenvalue weighted by Gasteiger charge is 2.23. The van der Waals surface area contributed by atoms with Gasteiger partial charge in [-0.3, -0.25) is 4.98 Å². The van der Waals surface area contributed by atoms with Crippen LogP contribution < -0.4 is 5.32 Å². The lowest BCUT2D eigenvalue weighted by molar-refractivity contribution is -0.138. The molecule has 0 saturated carbocycles. The van der Waals surface area contributed by atoms with Crippen LogP contribution in [0, 0.1) is 0 Å². The Morgan fingerprint density at radius 3 is 2.73 bits per heavy atom. The predicted octanol–water partition coefficient (Wildman–Crippen LogP) is 2.95. The van der Waals surface area contributed by atoms with Gasteiger partial charge >= 0.3 is 12.1 Å². The van der Waals surface area contributed by atoms with Crippen LogP contribution in [0.1, 0.15) is 26.5 Å². The minimum atomic E-state index is -1.11. The van der Waals surface area contributed by atoms with Crippen molar-refractivity contribution in [3.8, 4) is 0 Å². The van der Waals surface area contributed by atoms with Crippen molar-refractivity contribution in [2.75, 3.05) is 5.75 Å². The number of carboxylic acids is 1. The highest BCUT2D eigenvalue weighted by atomic mass is 35.5. The highest BCUT2D eigenvalue weighted by molar-refractivity contribution is 7.98. The Bertz CT molecular complexity index is 534. The van der Waals surface area contributed by atoms with Gasteiger partial charge in [-0.15, -0.1) is 0 Å². The van der Waals surface area contributed by atoms with Gasteiger partial charge in [0.05, 0.1) is 5.69 Å². The minimum Gasteiger partial charge on any atom is -0.480 e. The van der Waals surface area contributed by atoms with Gasteiger partial charge in [-0.2, -0.15) is 11.8 Å². The molecule has 0 aliphatic rings. The Hall–Kier alpha value is -1.47. The number of thioether (sulfide) groups is 1. The van der Waals surface area contributed by atoms with Gasteiger partial charge in [-0.05, 0) is 32.9 Å². The second-order valence-electron chi connectivity index (χ2n) is 5.52. The van der Waals surface area contributed by atoms with E-state index in [0.717, 1.165) is 5.69 Å². The van der Waals surface area contributed by atoms with E-state index in [0.29, 0.717) is 10.8 Å². The van der Waals surface area contributed by atoms with E-state index >= 15 is 0 Å². The van der Waals surface area contributed by atoms with E-state index in [1.54, 1.807) is 39.1 Å². The fraction of sp³-hybridized carbons (Fsp3) is 0.500. The molecular formula is C14H19ClN2O4S. The topological polar surface area (TPSA) is 88.5 Å². The zero-order valence-electron chi connectivity index (χ0n) is 12.6. The first-order valence-corrected chi connectivity index (χ1v) is 8.11. The smallest absolute Gasteiger partial charge is 0.408 e. The third kappa shape index (κ3) is 7.51. The summed E-state index contributed by atoms with van der Waals surface area (Å²) in [4.78, 5) is 26.9. The lowest BCUT2D eigenvalue weighted by Crippen LogP contribution is -2.44. The first-order chi connectivity index (χ1) is 10.2. The van der Waals surface area contributed by atoms with Crippen molar-refractivity contribution in [3.63, 3.8) is 0 Å². The number of ether oxygens (including phenoxy) is 1. The van der Waals surface area contributed by atoms with Crippen molar-refractivity contribution in [3.05, 3.63) is 29.0 Å². The predicted molar refractivity (Wildman–Crippen MR) is 86.2 cm³/mol. The van der Waals surface area contributed by atoms with Crippen molar-refractivity contribution in [1.82, 2.24) is 10.3 Å². The normalized spacial score (nSPS) is 12.5. The average Bonchev–Trinajstić information content (AvgIpc) is 2.35. The second-order valence-corrected chi connectivity index (χ2v) is 6.98. The number of pyridine rings is 1. The summed E-state index contributed by atoms with van der Waals surface area (Å²) >= 11 is 7.19. The minimum absolute atomic E-state index is 0.197. The number of carbonyl (C=O) groups is 2. The summed E-state index contributed by atoms with van der Waals surface area (Å²) in [5, 5.41) is 12.1. The second kappa shape index (κ2) is 8.24. The third-order valence-corrected chi connectivity index (χ3v) is 3.61. The molecule has 0 aromatic carbocycles. The summed E-state index contributed by atoms with van der Waals surface area (Å²) in [5.74, 6) is -0.416. The molecule has 0 spiro atoms. The number of alkyl carbamates (subject to hydrolysis) is 1. The van der Waals surface area contributed by atoms with Gasteiger partial charge in [0.15, 0.2) is 0 Å². The number of halogens is 1. The number of nitrogens with one attached hydrogen (secondary N) is 1. The van der Waals surface area contributed by atoms with Gasteiger partial charge in [-0.25, -0.2) is 9.59 Å². The fourth-order valence-corrected chi connectivity index (χ4v) is 2.56. The maximum atomic E-state index is 11.6. The van der Waals surface area contributed by atoms with E-state index < -0.39 is 23.7 Å². The zero-order valence-corrected chi connectivity index (χ0v) is 14.2. The van der Waals surface area contributed by atoms with Gasteiger partial charge in [0.25, 0.3) is 0 Å². The van der Waals surface area contributed by atoms with E-state index in [9.17, 15) is 9.59 Å². The van der Waals surface area contributed by atoms with E-state index in [1.807, 2.05) is 0 Å². The highest BCUT2D eigenvalue weighted by Crippen LogP contribution is 2.15. The Labute approximate surface area is 138 Å². The van der Waals surface area contributed by atoms with Crippen LogP contribution in [0.3, 0.4) is 0 Å². The van der Waals surface area contributed by atoms with Gasteiger partial charge in [0.1, 0.15) is 11.6 Å². The van der Waals surface area contributed by atoms with Crippen LogP contribution in [0.4, 0.5) is 4.79 Å². The summed E-state index contributed by atoms with van der Waals surface area (Å²) in [5.41, 5.74) is 0.0734. The molecule has 1 unspecified atom stereocenters. The Kier molecular flexibility index (Phi) is 6.96. The molecule has 8 heteroatoms. The van der Waals surface area contributed by atoms with E-state index in [-0.39, 0.29) is 5.75 Å². The van der Waals surface area contributed by atoms with Crippen LogP contribution >= 0.6 is 23.4 Å². The van der Waals surface area contributed by atoms with Crippen molar-refractivity contribution >= 4 is 35.4 Å². The Morgan fingerprint density at radius 2 is 2.18 bits per heavy atom. The molecule has 122 valence electrons. The van der Waals surface area contributed by atoms with Crippen molar-refractivity contribution in [2.24, 2.45) is 0 Å². The van der Waals surface area contributed by atoms with Crippen LogP contribution in [0.15, 0.2) is 18.3 Å². The number of hydrogen-bond acceptors (Lipinski definition) is 5. The molecule has 0 aliphatic carbocycles. The monoisotopic (exact) mass is 346 g/mol. The fourth-order valence-electron chi connectivity index (χ4n) is 1.43. The molecule has 0 saturated heterocycles. The van der Waals surface area contributed by atoms with Gasteiger partial charge in [0.2, 0.25) is 0 Å². The number of rotatable bonds is 6. The molecule has 0 bridgehead atoms. The number of nitrogens with zero attached hydrogens (tertiary/aromatic N) is 1. The van der Waals surface area contributed by atoms with Crippen LogP contribution in [-0.2, 0) is 15.3 Å². The Balaban J connectivity index is 2.48. The molecule has 1 amide bonds. The quantitative estimate of drug-likeness (QED) is 0.823. The van der Waals surface area contributed by atoms with E-state index in [4.69, 9.17) is 21.4 Å². The third-order valence-electron chi connectivity index (χ3n) is 2.30. The molecule has 0 fully saturated rings. The molecule has 2 N–H and O–H groups in total. The molecule has 1 aromatic rings. The number of carbonyl (C=O) groups excluding carboxylic acids is 1. The van der Waals surface area contributed by atoms with E-state index in [2.05, 4.69) is 10.3 Å². The van der Waals surface area contributed by atoms with Crippen molar-refractivity contribution in [1.29, 1.82) is 0 Å². The lowest BCUT2D eigenvalue weighted by atomic mass is 10.2. The van der Waals surface area contributed by atoms with E-state index in [1.165, 1.54) is 11.8 Å². The van der Waals surface area contributed by atoms with Crippen LogP contribution in [0.5, 0.6) is 0 Å². The van der Waals surface area contributed by atoms with Crippen molar-refractivity contribution < 1.29 is 19.4 Å². The summed E-state index contributed by atoms with van der Waals surface area (Å²) in [6.07, 6.45) is 0.840. The summed E-state index contributed by atoms with van der Waals surface area (Å²) < 4.78 is 5.05. The van der Waals surface area contributed by atoms with Crippen LogP contribution in [0.25, 0.3) is 0 Å². The standard InChI is InChI=1S/C14H19ClN2O4S/c1-14(2,3)21-13(20)17-11(12(18)19)8-22-7-10-6-9(15)4-5-16-10/h4-6,11H,7-8H2,1-3H3,(H,17,20)(H,18,19). The molecule has 1 heterocycles. The molecule has 1 atom stereocenters. The largest absolute Gasteiger partial charge is 0.480 e. The average molecular weight is 347 g/mol. The molecule has 1 rings (SSSR count). The SMILES string of the molecule is CC(C)(C)OC(=O)NC(CSCc1cc(Cl)ccn1)C(=O)O. The molecule has 22 heavy (non-hydrogen) atoms. The molecule has 0 aliphatic heterocycles. The molecular weight excluding hydrogens is 328 g/mol. The first-order valence-electron chi connectivity index (χ1n) is 6.58. The molecule has 0 radical (unpaired) electrons. The zero-order chi connectivity index (χ0) is 16.8. The van der Waals surface area contributed by atoms with Gasteiger partial charge in [-0.1, -0.05) is 11.6 Å².